The molecule has 1 aliphatic heterocycles. The fraction of sp³-hybridized carbons (Fsp3) is 0.759. The molecule has 0 saturated carbocycles. The lowest BCUT2D eigenvalue weighted by molar-refractivity contribution is -0.302. The normalized spacial score (nSPS) is 19.9. The molecule has 0 aliphatic carbocycles. The molecule has 11 nitrogen and oxygen atoms in total. The SMILES string of the molecule is CCCCC/C=C\C/C=C\CCCCCCCC(=O)OCCCCC/C=C\C/C=C\CCCCCCCCCC(=O)NC(COC1OC(CO)C(O)C(O)C1O)C(O)/C=C/CC/C=C/CCCCC. The van der Waals surface area contributed by atoms with Gasteiger partial charge in [0.2, 0.25) is 5.91 Å². The van der Waals surface area contributed by atoms with Gasteiger partial charge in [-0.15, -0.1) is 0 Å². The highest BCUT2D eigenvalue weighted by atomic mass is 16.7. The fourth-order valence-corrected chi connectivity index (χ4v) is 8.04. The van der Waals surface area contributed by atoms with E-state index in [1.165, 1.54) is 83.5 Å². The summed E-state index contributed by atoms with van der Waals surface area (Å²) in [4.78, 5) is 25.0. The molecule has 1 aliphatic rings. The summed E-state index contributed by atoms with van der Waals surface area (Å²) in [6.45, 7) is 4.16. The van der Waals surface area contributed by atoms with E-state index in [1.807, 2.05) is 6.08 Å². The van der Waals surface area contributed by atoms with Gasteiger partial charge >= 0.3 is 5.97 Å². The van der Waals surface area contributed by atoms with Crippen LogP contribution in [0.15, 0.2) is 72.9 Å². The van der Waals surface area contributed by atoms with Crippen molar-refractivity contribution in [3.63, 3.8) is 0 Å². The van der Waals surface area contributed by atoms with Gasteiger partial charge < -0.3 is 45.1 Å². The van der Waals surface area contributed by atoms with Crippen molar-refractivity contribution in [1.29, 1.82) is 0 Å². The lowest BCUT2D eigenvalue weighted by Gasteiger charge is -2.40. The van der Waals surface area contributed by atoms with Gasteiger partial charge in [0.05, 0.1) is 32.0 Å². The number of carbonyl (C=O) groups excluding carboxylic acids is 2. The number of esters is 1. The number of rotatable bonds is 46. The van der Waals surface area contributed by atoms with Crippen molar-refractivity contribution in [2.24, 2.45) is 0 Å². The third-order valence-electron chi connectivity index (χ3n) is 12.5. The number of carbonyl (C=O) groups is 2. The molecule has 6 N–H and O–H groups in total. The summed E-state index contributed by atoms with van der Waals surface area (Å²) in [7, 11) is 0. The summed E-state index contributed by atoms with van der Waals surface area (Å²) in [5.41, 5.74) is 0. The second kappa shape index (κ2) is 47.4. The van der Waals surface area contributed by atoms with Crippen LogP contribution in [-0.4, -0.2) is 100 Å². The van der Waals surface area contributed by atoms with Gasteiger partial charge in [-0.25, -0.2) is 0 Å². The number of amides is 1. The first-order chi connectivity index (χ1) is 33.7. The van der Waals surface area contributed by atoms with E-state index in [4.69, 9.17) is 14.2 Å². The zero-order chi connectivity index (χ0) is 50.3. The first kappa shape index (κ1) is 64.1. The number of aliphatic hydroxyl groups is 5. The van der Waals surface area contributed by atoms with Crippen molar-refractivity contribution < 1.29 is 49.3 Å². The summed E-state index contributed by atoms with van der Waals surface area (Å²) in [5, 5.41) is 54.1. The van der Waals surface area contributed by atoms with Crippen LogP contribution < -0.4 is 5.32 Å². The molecule has 1 rings (SSSR count). The van der Waals surface area contributed by atoms with Crippen LogP contribution in [0.25, 0.3) is 0 Å². The first-order valence-corrected chi connectivity index (χ1v) is 27.7. The minimum Gasteiger partial charge on any atom is -0.466 e. The number of aliphatic hydroxyl groups excluding tert-OH is 5. The Labute approximate surface area is 420 Å². The van der Waals surface area contributed by atoms with E-state index in [0.29, 0.717) is 19.4 Å². The Hall–Kier alpha value is -2.90. The summed E-state index contributed by atoms with van der Waals surface area (Å²) in [6.07, 6.45) is 51.4. The number of hydrogen-bond acceptors (Lipinski definition) is 10. The van der Waals surface area contributed by atoms with E-state index in [-0.39, 0.29) is 18.5 Å². The smallest absolute Gasteiger partial charge is 0.305 e. The molecule has 0 bridgehead atoms. The van der Waals surface area contributed by atoms with Gasteiger partial charge in [-0.05, 0) is 116 Å². The Morgan fingerprint density at radius 1 is 0.536 bits per heavy atom. The number of ether oxygens (including phenoxy) is 3. The van der Waals surface area contributed by atoms with E-state index < -0.39 is 49.5 Å². The van der Waals surface area contributed by atoms with Crippen molar-refractivity contribution >= 4 is 11.9 Å². The molecule has 398 valence electrons. The van der Waals surface area contributed by atoms with E-state index >= 15 is 0 Å². The molecule has 11 heteroatoms. The number of unbranched alkanes of at least 4 members (excludes halogenated alkanes) is 22. The van der Waals surface area contributed by atoms with Gasteiger partial charge in [0, 0.05) is 12.8 Å². The number of nitrogens with one attached hydrogen (secondary N) is 1. The average molecular weight is 972 g/mol. The highest BCUT2D eigenvalue weighted by Crippen LogP contribution is 2.22. The van der Waals surface area contributed by atoms with Gasteiger partial charge in [-0.2, -0.15) is 0 Å². The molecule has 69 heavy (non-hydrogen) atoms. The van der Waals surface area contributed by atoms with Crippen LogP contribution in [0.4, 0.5) is 0 Å². The Morgan fingerprint density at radius 3 is 1.52 bits per heavy atom. The third-order valence-corrected chi connectivity index (χ3v) is 12.5. The van der Waals surface area contributed by atoms with Gasteiger partial charge in [0.15, 0.2) is 6.29 Å². The van der Waals surface area contributed by atoms with Crippen molar-refractivity contribution in [1.82, 2.24) is 5.32 Å². The predicted molar refractivity (Wildman–Crippen MR) is 283 cm³/mol. The van der Waals surface area contributed by atoms with Crippen LogP contribution in [0.3, 0.4) is 0 Å². The first-order valence-electron chi connectivity index (χ1n) is 27.7. The van der Waals surface area contributed by atoms with Crippen LogP contribution in [0, 0.1) is 0 Å². The Morgan fingerprint density at radius 2 is 0.986 bits per heavy atom. The summed E-state index contributed by atoms with van der Waals surface area (Å²) >= 11 is 0. The quantitative estimate of drug-likeness (QED) is 0.0196. The van der Waals surface area contributed by atoms with Gasteiger partial charge in [0.1, 0.15) is 24.4 Å². The van der Waals surface area contributed by atoms with Gasteiger partial charge in [0.25, 0.3) is 0 Å². The van der Waals surface area contributed by atoms with Crippen LogP contribution >= 0.6 is 0 Å². The minimum atomic E-state index is -1.58. The van der Waals surface area contributed by atoms with Crippen LogP contribution in [0.1, 0.15) is 219 Å². The third kappa shape index (κ3) is 37.5. The second-order valence-corrected chi connectivity index (χ2v) is 18.9. The number of allylic oxidation sites excluding steroid dienone is 11. The van der Waals surface area contributed by atoms with Crippen LogP contribution in [-0.2, 0) is 23.8 Å². The maximum Gasteiger partial charge on any atom is 0.305 e. The van der Waals surface area contributed by atoms with Crippen molar-refractivity contribution in [3.05, 3.63) is 72.9 Å². The lowest BCUT2D eigenvalue weighted by atomic mass is 9.99. The zero-order valence-electron chi connectivity index (χ0n) is 43.5. The zero-order valence-corrected chi connectivity index (χ0v) is 43.5. The second-order valence-electron chi connectivity index (χ2n) is 18.9. The summed E-state index contributed by atoms with van der Waals surface area (Å²) in [5.74, 6) is -0.262. The van der Waals surface area contributed by atoms with Crippen molar-refractivity contribution in [2.45, 2.75) is 262 Å². The van der Waals surface area contributed by atoms with Crippen LogP contribution in [0.2, 0.25) is 0 Å². The monoisotopic (exact) mass is 972 g/mol. The highest BCUT2D eigenvalue weighted by molar-refractivity contribution is 5.76. The minimum absolute atomic E-state index is 0.0486. The Kier molecular flexibility index (Phi) is 44.1. The van der Waals surface area contributed by atoms with E-state index in [2.05, 4.69) is 79.9 Å². The molecule has 0 spiro atoms. The molecular formula is C58H101NO10. The van der Waals surface area contributed by atoms with E-state index in [0.717, 1.165) is 109 Å². The standard InChI is InChI=1S/C58H101NO10/c1-3-5-7-9-11-13-14-15-19-23-26-30-34-38-42-46-54(63)67-47-43-39-35-31-27-24-21-18-16-17-20-22-25-29-33-37-41-45-53(62)59-50(51(61)44-40-36-32-28-12-10-8-6-4-2)49-68-58-57(66)56(65)55(64)52(48-60)69-58/h11-13,15-16,18-19,24,27-28,40,44,50-52,55-58,60-61,64-66H,3-10,14,17,20-23,25-26,29-39,41-43,45-49H2,1-2H3,(H,59,62)/b13-11-,18-16-,19-15-,27-24-,28-12+,44-40+. The predicted octanol–water partition coefficient (Wildman–Crippen LogP) is 12.1. The fourth-order valence-electron chi connectivity index (χ4n) is 8.04. The molecule has 7 unspecified atom stereocenters. The molecular weight excluding hydrogens is 871 g/mol. The maximum atomic E-state index is 13.0. The molecule has 1 fully saturated rings. The van der Waals surface area contributed by atoms with E-state index in [1.54, 1.807) is 6.08 Å². The van der Waals surface area contributed by atoms with Gasteiger partial charge in [-0.1, -0.05) is 164 Å². The molecule has 0 aromatic carbocycles. The average Bonchev–Trinajstić information content (AvgIpc) is 3.34. The summed E-state index contributed by atoms with van der Waals surface area (Å²) in [6, 6.07) is -0.840. The Balaban J connectivity index is 2.11. The highest BCUT2D eigenvalue weighted by Gasteiger charge is 2.44. The van der Waals surface area contributed by atoms with Crippen LogP contribution in [0.5, 0.6) is 0 Å². The molecule has 0 aromatic heterocycles. The van der Waals surface area contributed by atoms with Crippen molar-refractivity contribution in [2.75, 3.05) is 19.8 Å². The van der Waals surface area contributed by atoms with E-state index in [9.17, 15) is 35.1 Å². The topological polar surface area (TPSA) is 175 Å². The maximum absolute atomic E-state index is 13.0. The molecule has 1 saturated heterocycles. The summed E-state index contributed by atoms with van der Waals surface area (Å²) < 4.78 is 16.6. The van der Waals surface area contributed by atoms with Crippen molar-refractivity contribution in [3.8, 4) is 0 Å². The molecule has 1 heterocycles. The molecule has 0 aromatic rings. The van der Waals surface area contributed by atoms with Gasteiger partial charge in [-0.3, -0.25) is 9.59 Å². The molecule has 0 radical (unpaired) electrons. The lowest BCUT2D eigenvalue weighted by Crippen LogP contribution is -2.60. The molecule has 7 atom stereocenters. The Bertz CT molecular complexity index is 1380. The molecule has 1 amide bonds. The number of hydrogen-bond donors (Lipinski definition) is 6. The largest absolute Gasteiger partial charge is 0.466 e.